The number of aromatic nitrogens is 1. The van der Waals surface area contributed by atoms with Crippen LogP contribution in [0.25, 0.3) is 0 Å². The van der Waals surface area contributed by atoms with Gasteiger partial charge in [-0.1, -0.05) is 12.1 Å². The van der Waals surface area contributed by atoms with E-state index in [4.69, 9.17) is 0 Å². The third-order valence-corrected chi connectivity index (χ3v) is 4.88. The fraction of sp³-hybridized carbons (Fsp3) is 0.389. The summed E-state index contributed by atoms with van der Waals surface area (Å²) < 4.78 is 26.4. The van der Waals surface area contributed by atoms with E-state index in [2.05, 4.69) is 20.9 Å². The summed E-state index contributed by atoms with van der Waals surface area (Å²) in [6.07, 6.45) is 3.03. The normalized spacial score (nSPS) is 24.4. The molecule has 5 rings (SSSR count). The topological polar surface area (TPSA) is 19.4 Å². The number of benzene rings is 1. The molecule has 3 nitrogen and oxygen atoms in total. The minimum Gasteiger partial charge on any atom is -0.294 e. The Labute approximate surface area is 134 Å². The monoisotopic (exact) mass is 315 g/mol. The fourth-order valence-electron chi connectivity index (χ4n) is 3.73. The molecular formula is C18H19F2N3. The summed E-state index contributed by atoms with van der Waals surface area (Å²) in [4.78, 5) is 9.22. The molecule has 0 aliphatic carbocycles. The van der Waals surface area contributed by atoms with Crippen molar-refractivity contribution < 1.29 is 8.78 Å². The van der Waals surface area contributed by atoms with E-state index in [0.717, 1.165) is 30.9 Å². The zero-order valence-electron chi connectivity index (χ0n) is 12.8. The Hall–Kier alpha value is -1.85. The summed E-state index contributed by atoms with van der Waals surface area (Å²) in [6, 6.07) is 11.2. The molecule has 0 radical (unpaired) electrons. The highest BCUT2D eigenvalue weighted by atomic mass is 19.2. The zero-order chi connectivity index (χ0) is 15.8. The van der Waals surface area contributed by atoms with Gasteiger partial charge < -0.3 is 0 Å². The Morgan fingerprint density at radius 2 is 1.83 bits per heavy atom. The predicted molar refractivity (Wildman–Crippen MR) is 83.6 cm³/mol. The molecule has 23 heavy (non-hydrogen) atoms. The van der Waals surface area contributed by atoms with Crippen molar-refractivity contribution in [3.8, 4) is 0 Å². The van der Waals surface area contributed by atoms with E-state index in [1.54, 1.807) is 6.07 Å². The van der Waals surface area contributed by atoms with Crippen molar-refractivity contribution in [3.63, 3.8) is 0 Å². The molecule has 0 amide bonds. The van der Waals surface area contributed by atoms with Crippen LogP contribution in [0.5, 0.6) is 0 Å². The van der Waals surface area contributed by atoms with Gasteiger partial charge in [0.25, 0.3) is 0 Å². The van der Waals surface area contributed by atoms with Crippen molar-refractivity contribution >= 4 is 0 Å². The average molecular weight is 315 g/mol. The minimum absolute atomic E-state index is 0.505. The molecule has 0 N–H and O–H groups in total. The SMILES string of the molecule is Fc1ccc(CN2C3CC2CN(Cc2ccccn2)C3)cc1F. The summed E-state index contributed by atoms with van der Waals surface area (Å²) in [5, 5.41) is 0. The Morgan fingerprint density at radius 1 is 1.00 bits per heavy atom. The highest BCUT2D eigenvalue weighted by Crippen LogP contribution is 2.34. The van der Waals surface area contributed by atoms with Crippen LogP contribution >= 0.6 is 0 Å². The molecule has 2 aromatic rings. The molecule has 3 aliphatic rings. The van der Waals surface area contributed by atoms with Gasteiger partial charge in [-0.3, -0.25) is 14.8 Å². The number of rotatable bonds is 4. The number of pyridine rings is 1. The van der Waals surface area contributed by atoms with E-state index >= 15 is 0 Å². The minimum atomic E-state index is -0.779. The second-order valence-corrected chi connectivity index (χ2v) is 6.48. The van der Waals surface area contributed by atoms with Gasteiger partial charge in [0.05, 0.1) is 5.69 Å². The van der Waals surface area contributed by atoms with Crippen LogP contribution in [-0.2, 0) is 13.1 Å². The number of hydrogen-bond acceptors (Lipinski definition) is 3. The number of nitrogens with zero attached hydrogens (tertiary/aromatic N) is 3. The largest absolute Gasteiger partial charge is 0.294 e. The number of halogens is 2. The lowest BCUT2D eigenvalue weighted by Gasteiger charge is -2.56. The standard InChI is InChI=1S/C18H19F2N3/c19-17-5-4-13(7-18(17)20)9-23-15-8-16(23)12-22(11-15)10-14-3-1-2-6-21-14/h1-7,15-16H,8-12H2. The molecular weight excluding hydrogens is 296 g/mol. The highest BCUT2D eigenvalue weighted by molar-refractivity contribution is 5.19. The first-order chi connectivity index (χ1) is 11.2. The first kappa shape index (κ1) is 14.7. The fourth-order valence-corrected chi connectivity index (χ4v) is 3.73. The molecule has 5 heteroatoms. The molecule has 1 aromatic carbocycles. The van der Waals surface area contributed by atoms with Gasteiger partial charge in [-0.25, -0.2) is 8.78 Å². The van der Waals surface area contributed by atoms with Gasteiger partial charge in [0.15, 0.2) is 11.6 Å². The van der Waals surface area contributed by atoms with Crippen molar-refractivity contribution in [2.75, 3.05) is 13.1 Å². The predicted octanol–water partition coefficient (Wildman–Crippen LogP) is 2.82. The molecule has 2 bridgehead atoms. The highest BCUT2D eigenvalue weighted by Gasteiger charge is 2.44. The third kappa shape index (κ3) is 2.99. The summed E-state index contributed by atoms with van der Waals surface area (Å²) in [7, 11) is 0. The van der Waals surface area contributed by atoms with Gasteiger partial charge >= 0.3 is 0 Å². The summed E-state index contributed by atoms with van der Waals surface area (Å²) in [5.74, 6) is -1.54. The first-order valence-electron chi connectivity index (χ1n) is 8.01. The van der Waals surface area contributed by atoms with Crippen LogP contribution < -0.4 is 0 Å². The first-order valence-corrected chi connectivity index (χ1v) is 8.01. The quantitative estimate of drug-likeness (QED) is 0.865. The number of fused-ring (bicyclic) bond motifs is 2. The summed E-state index contributed by atoms with van der Waals surface area (Å²) in [6.45, 7) is 3.60. The van der Waals surface area contributed by atoms with E-state index < -0.39 is 11.6 Å². The van der Waals surface area contributed by atoms with E-state index in [-0.39, 0.29) is 0 Å². The molecule has 0 saturated carbocycles. The van der Waals surface area contributed by atoms with Gasteiger partial charge in [0.1, 0.15) is 0 Å². The third-order valence-electron chi connectivity index (χ3n) is 4.88. The molecule has 0 spiro atoms. The summed E-state index contributed by atoms with van der Waals surface area (Å²) >= 11 is 0. The second kappa shape index (κ2) is 5.98. The molecule has 3 saturated heterocycles. The van der Waals surface area contributed by atoms with Gasteiger partial charge in [-0.2, -0.15) is 0 Å². The molecule has 2 atom stereocenters. The maximum Gasteiger partial charge on any atom is 0.159 e. The maximum absolute atomic E-state index is 13.3. The smallest absolute Gasteiger partial charge is 0.159 e. The lowest BCUT2D eigenvalue weighted by molar-refractivity contribution is -0.0777. The molecule has 120 valence electrons. The Bertz CT molecular complexity index is 680. The lowest BCUT2D eigenvalue weighted by Crippen LogP contribution is -2.67. The van der Waals surface area contributed by atoms with E-state index in [9.17, 15) is 8.78 Å². The Kier molecular flexibility index (Phi) is 3.83. The molecule has 3 aliphatic heterocycles. The molecule has 2 unspecified atom stereocenters. The molecule has 3 fully saturated rings. The van der Waals surface area contributed by atoms with Crippen LogP contribution in [0.4, 0.5) is 8.78 Å². The van der Waals surface area contributed by atoms with Crippen LogP contribution in [0.1, 0.15) is 17.7 Å². The van der Waals surface area contributed by atoms with Gasteiger partial charge in [-0.05, 0) is 36.2 Å². The van der Waals surface area contributed by atoms with Crippen LogP contribution in [0.3, 0.4) is 0 Å². The van der Waals surface area contributed by atoms with Crippen molar-refractivity contribution in [2.24, 2.45) is 0 Å². The number of piperazine rings is 1. The van der Waals surface area contributed by atoms with E-state index in [1.165, 1.54) is 18.6 Å². The van der Waals surface area contributed by atoms with E-state index in [0.29, 0.717) is 18.6 Å². The maximum atomic E-state index is 13.3. The van der Waals surface area contributed by atoms with Crippen molar-refractivity contribution in [3.05, 3.63) is 65.5 Å². The number of hydrogen-bond donors (Lipinski definition) is 0. The molecule has 4 heterocycles. The van der Waals surface area contributed by atoms with Crippen LogP contribution in [0.2, 0.25) is 0 Å². The number of piperidine rings is 1. The van der Waals surface area contributed by atoms with Crippen molar-refractivity contribution in [1.29, 1.82) is 0 Å². The van der Waals surface area contributed by atoms with Gasteiger partial charge in [-0.15, -0.1) is 0 Å². The van der Waals surface area contributed by atoms with Crippen LogP contribution in [-0.4, -0.2) is 40.0 Å². The van der Waals surface area contributed by atoms with E-state index in [1.807, 2.05) is 18.3 Å². The van der Waals surface area contributed by atoms with Crippen LogP contribution in [0, 0.1) is 11.6 Å². The zero-order valence-corrected chi connectivity index (χ0v) is 12.8. The second-order valence-electron chi connectivity index (χ2n) is 6.48. The Balaban J connectivity index is 1.37. The van der Waals surface area contributed by atoms with Crippen LogP contribution in [0.15, 0.2) is 42.6 Å². The average Bonchev–Trinajstić information content (AvgIpc) is 2.57. The van der Waals surface area contributed by atoms with Crippen molar-refractivity contribution in [1.82, 2.24) is 14.8 Å². The Morgan fingerprint density at radius 3 is 2.52 bits per heavy atom. The van der Waals surface area contributed by atoms with Gasteiger partial charge in [0.2, 0.25) is 0 Å². The summed E-state index contributed by atoms with van der Waals surface area (Å²) in [5.41, 5.74) is 1.94. The lowest BCUT2D eigenvalue weighted by atomic mass is 9.86. The van der Waals surface area contributed by atoms with Crippen molar-refractivity contribution in [2.45, 2.75) is 31.6 Å². The molecule has 1 aromatic heterocycles. The van der Waals surface area contributed by atoms with Gasteiger partial charge in [0, 0.05) is 44.5 Å².